The quantitative estimate of drug-likeness (QED) is 0.408. The topological polar surface area (TPSA) is 0 Å². The number of halogens is 1. The highest BCUT2D eigenvalue weighted by Crippen LogP contribution is 2.09. The smallest absolute Gasteiger partial charge is 0.0797 e. The van der Waals surface area contributed by atoms with Crippen molar-refractivity contribution in [3.8, 4) is 0 Å². The van der Waals surface area contributed by atoms with Gasteiger partial charge in [-0.1, -0.05) is 51.9 Å². The molecule has 0 rings (SSSR count). The monoisotopic (exact) mass is 190 g/mol. The van der Waals surface area contributed by atoms with Crippen LogP contribution in [-0.4, -0.2) is 16.0 Å². The molecule has 0 aliphatic heterocycles. The van der Waals surface area contributed by atoms with Crippen LogP contribution in [0.4, 0.5) is 4.39 Å². The molecule has 0 amide bonds. The molecule has 2 heteroatoms. The summed E-state index contributed by atoms with van der Waals surface area (Å²) in [5.41, 5.74) is 0. The van der Waals surface area contributed by atoms with Gasteiger partial charge in [0.1, 0.15) is 0 Å². The van der Waals surface area contributed by atoms with Gasteiger partial charge < -0.3 is 0 Å². The Morgan fingerprint density at radius 3 is 2.00 bits per heavy atom. The fourth-order valence-electron chi connectivity index (χ4n) is 1.38. The van der Waals surface area contributed by atoms with Gasteiger partial charge in [-0.05, 0) is 6.42 Å². The molecule has 74 valence electrons. The summed E-state index contributed by atoms with van der Waals surface area (Å²) in [5, 5.41) is 0. The molecule has 0 fully saturated rings. The molecule has 0 aliphatic carbocycles. The minimum atomic E-state index is -0.458. The van der Waals surface area contributed by atoms with Gasteiger partial charge in [0.05, 0.1) is 5.79 Å². The molecule has 1 unspecified atom stereocenters. The van der Waals surface area contributed by atoms with Crippen molar-refractivity contribution >= 4 is 10.2 Å². The molecular formula is C10H23FSi. The fraction of sp³-hybridized carbons (Fsp3) is 1.00. The van der Waals surface area contributed by atoms with E-state index in [4.69, 9.17) is 0 Å². The molecule has 0 aromatic carbocycles. The fourth-order valence-corrected chi connectivity index (χ4v) is 1.79. The van der Waals surface area contributed by atoms with Gasteiger partial charge in [0.25, 0.3) is 0 Å². The zero-order valence-corrected chi connectivity index (χ0v) is 10.6. The van der Waals surface area contributed by atoms with Crippen molar-refractivity contribution in [2.24, 2.45) is 0 Å². The second-order valence-electron chi connectivity index (χ2n) is 3.69. The van der Waals surface area contributed by atoms with E-state index in [-0.39, 0.29) is 0 Å². The van der Waals surface area contributed by atoms with Crippen LogP contribution in [-0.2, 0) is 0 Å². The second-order valence-corrected chi connectivity index (χ2v) is 4.94. The van der Waals surface area contributed by atoms with Crippen molar-refractivity contribution in [2.45, 2.75) is 64.1 Å². The van der Waals surface area contributed by atoms with Crippen molar-refractivity contribution in [2.75, 3.05) is 0 Å². The predicted molar refractivity (Wildman–Crippen MR) is 57.4 cm³/mol. The Morgan fingerprint density at radius 2 is 1.50 bits per heavy atom. The number of hydrogen-bond donors (Lipinski definition) is 0. The van der Waals surface area contributed by atoms with Crippen LogP contribution >= 0.6 is 0 Å². The van der Waals surface area contributed by atoms with Crippen LogP contribution < -0.4 is 0 Å². The van der Waals surface area contributed by atoms with Gasteiger partial charge in [0.2, 0.25) is 0 Å². The van der Waals surface area contributed by atoms with Crippen LogP contribution in [0.2, 0.25) is 0 Å². The lowest BCUT2D eigenvalue weighted by atomic mass is 10.1. The predicted octanol–water partition coefficient (Wildman–Crippen LogP) is 2.79. The first-order valence-corrected chi connectivity index (χ1v) is 6.57. The van der Waals surface area contributed by atoms with E-state index >= 15 is 0 Å². The lowest BCUT2D eigenvalue weighted by molar-refractivity contribution is 0.402. The number of alkyl halides is 1. The first-order chi connectivity index (χ1) is 5.77. The van der Waals surface area contributed by atoms with Crippen LogP contribution in [0, 0.1) is 0 Å². The molecule has 0 saturated heterocycles. The van der Waals surface area contributed by atoms with Crippen molar-refractivity contribution in [1.29, 1.82) is 0 Å². The van der Waals surface area contributed by atoms with E-state index in [1.807, 2.05) is 0 Å². The molecule has 12 heavy (non-hydrogen) atoms. The molecule has 1 atom stereocenters. The van der Waals surface area contributed by atoms with E-state index in [0.29, 0.717) is 0 Å². The summed E-state index contributed by atoms with van der Waals surface area (Å²) >= 11 is 0. The highest BCUT2D eigenvalue weighted by atomic mass is 28.1. The molecule has 0 aromatic heterocycles. The Bertz CT molecular complexity index is 83.9. The first-order valence-electron chi connectivity index (χ1n) is 5.41. The van der Waals surface area contributed by atoms with Gasteiger partial charge in [-0.15, -0.1) is 0 Å². The van der Waals surface area contributed by atoms with Crippen LogP contribution in [0.5, 0.6) is 0 Å². The number of rotatable bonds is 8. The average Bonchev–Trinajstić information content (AvgIpc) is 2.02. The van der Waals surface area contributed by atoms with Crippen molar-refractivity contribution < 1.29 is 4.39 Å². The highest BCUT2D eigenvalue weighted by Gasteiger charge is 1.96. The second kappa shape index (κ2) is 9.24. The Kier molecular flexibility index (Phi) is 9.35. The minimum Gasteiger partial charge on any atom is -0.253 e. The molecule has 0 saturated carbocycles. The van der Waals surface area contributed by atoms with E-state index in [9.17, 15) is 4.39 Å². The summed E-state index contributed by atoms with van der Waals surface area (Å²) in [6.45, 7) is 2.23. The zero-order chi connectivity index (χ0) is 9.23. The Morgan fingerprint density at radius 1 is 1.00 bits per heavy atom. The summed E-state index contributed by atoms with van der Waals surface area (Å²) in [5.74, 6) is -0.458. The van der Waals surface area contributed by atoms with Crippen LogP contribution in [0.1, 0.15) is 58.3 Å². The van der Waals surface area contributed by atoms with Gasteiger partial charge in [-0.3, -0.25) is 4.39 Å². The first kappa shape index (κ1) is 12.1. The third-order valence-corrected chi connectivity index (χ3v) is 2.78. The van der Waals surface area contributed by atoms with Gasteiger partial charge >= 0.3 is 0 Å². The summed E-state index contributed by atoms with van der Waals surface area (Å²) in [7, 11) is 0.723. The Balaban J connectivity index is 2.82. The Hall–Kier alpha value is 0.147. The van der Waals surface area contributed by atoms with E-state index in [1.165, 1.54) is 38.5 Å². The molecule has 0 bridgehead atoms. The van der Waals surface area contributed by atoms with Gasteiger partial charge in [0.15, 0.2) is 0 Å². The van der Waals surface area contributed by atoms with Crippen LogP contribution in [0.15, 0.2) is 0 Å². The third kappa shape index (κ3) is 10.1. The Labute approximate surface area is 79.4 Å². The summed E-state index contributed by atoms with van der Waals surface area (Å²) < 4.78 is 12.4. The lowest BCUT2D eigenvalue weighted by Gasteiger charge is -2.01. The molecule has 0 aliphatic rings. The molecular weight excluding hydrogens is 167 g/mol. The van der Waals surface area contributed by atoms with Gasteiger partial charge in [-0.25, -0.2) is 0 Å². The zero-order valence-electron chi connectivity index (χ0n) is 8.61. The maximum absolute atomic E-state index is 12.4. The van der Waals surface area contributed by atoms with E-state index in [2.05, 4.69) is 6.92 Å². The molecule has 0 nitrogen and oxygen atoms in total. The molecule has 0 heterocycles. The van der Waals surface area contributed by atoms with E-state index in [0.717, 1.165) is 23.1 Å². The third-order valence-electron chi connectivity index (χ3n) is 2.21. The minimum absolute atomic E-state index is 0.458. The summed E-state index contributed by atoms with van der Waals surface area (Å²) in [4.78, 5) is 0. The summed E-state index contributed by atoms with van der Waals surface area (Å²) in [6.07, 6.45) is 9.89. The van der Waals surface area contributed by atoms with Crippen LogP contribution in [0.3, 0.4) is 0 Å². The number of hydrogen-bond acceptors (Lipinski definition) is 0. The van der Waals surface area contributed by atoms with Crippen molar-refractivity contribution in [3.63, 3.8) is 0 Å². The highest BCUT2D eigenvalue weighted by molar-refractivity contribution is 6.10. The van der Waals surface area contributed by atoms with E-state index < -0.39 is 5.79 Å². The van der Waals surface area contributed by atoms with E-state index in [1.54, 1.807) is 0 Å². The maximum atomic E-state index is 12.4. The molecule has 0 spiro atoms. The van der Waals surface area contributed by atoms with Crippen molar-refractivity contribution in [1.82, 2.24) is 0 Å². The largest absolute Gasteiger partial charge is 0.253 e. The molecule has 0 radical (unpaired) electrons. The molecule has 0 aromatic rings. The lowest BCUT2D eigenvalue weighted by Crippen LogP contribution is -1.97. The summed E-state index contributed by atoms with van der Waals surface area (Å²) in [6, 6.07) is 0. The molecule has 0 N–H and O–H groups in total. The number of unbranched alkanes of at least 4 members (excludes halogenated alkanes) is 6. The normalized spacial score (nSPS) is 13.5. The standard InChI is InChI=1S/C10H23FSi/c1-2-3-4-5-6-7-8-9-10(11)12/h10H,2-9H2,1,12H3. The van der Waals surface area contributed by atoms with Gasteiger partial charge in [0, 0.05) is 10.2 Å². The SMILES string of the molecule is CCCCCCCCCC(F)[SiH3]. The van der Waals surface area contributed by atoms with Crippen molar-refractivity contribution in [3.05, 3.63) is 0 Å². The maximum Gasteiger partial charge on any atom is 0.0797 e. The average molecular weight is 190 g/mol. The van der Waals surface area contributed by atoms with Crippen LogP contribution in [0.25, 0.3) is 0 Å². The van der Waals surface area contributed by atoms with Gasteiger partial charge in [-0.2, -0.15) is 0 Å².